The van der Waals surface area contributed by atoms with Crippen molar-refractivity contribution in [2.45, 2.75) is 6.42 Å². The van der Waals surface area contributed by atoms with Gasteiger partial charge in [-0.1, -0.05) is 30.3 Å². The largest absolute Gasteiger partial charge is 0.508 e. The third kappa shape index (κ3) is 3.89. The lowest BCUT2D eigenvalue weighted by Gasteiger charge is -2.13. The Morgan fingerprint density at radius 2 is 1.71 bits per heavy atom. The Kier molecular flexibility index (Phi) is 4.71. The molecule has 0 fully saturated rings. The maximum absolute atomic E-state index is 9.31. The van der Waals surface area contributed by atoms with Gasteiger partial charge in [-0.05, 0) is 41.5 Å². The highest BCUT2D eigenvalue weighted by molar-refractivity contribution is 5.78. The van der Waals surface area contributed by atoms with Crippen LogP contribution in [0.25, 0.3) is 0 Å². The molecule has 24 heavy (non-hydrogen) atoms. The van der Waals surface area contributed by atoms with Gasteiger partial charge < -0.3 is 21.5 Å². The van der Waals surface area contributed by atoms with Crippen LogP contribution in [0.4, 0.5) is 23.0 Å². The van der Waals surface area contributed by atoms with Gasteiger partial charge in [-0.2, -0.15) is 0 Å². The van der Waals surface area contributed by atoms with Crippen molar-refractivity contribution in [1.29, 1.82) is 0 Å². The van der Waals surface area contributed by atoms with Gasteiger partial charge in [-0.25, -0.2) is 0 Å². The number of hydrogen-bond donors (Lipinski definition) is 4. The summed E-state index contributed by atoms with van der Waals surface area (Å²) in [5, 5.41) is 27.2. The Morgan fingerprint density at radius 3 is 2.46 bits per heavy atom. The average Bonchev–Trinajstić information content (AvgIpc) is 2.60. The van der Waals surface area contributed by atoms with Crippen LogP contribution in [0.15, 0.2) is 54.6 Å². The molecule has 0 spiro atoms. The Hall–Kier alpha value is -3.35. The topological polar surface area (TPSA) is 109 Å². The quantitative estimate of drug-likeness (QED) is 0.552. The number of phenolic OH excluding ortho intramolecular Hbond substituents is 1. The summed E-state index contributed by atoms with van der Waals surface area (Å²) in [6.07, 6.45) is 0.771. The molecule has 0 atom stereocenters. The number of benzene rings is 2. The molecule has 0 radical (unpaired) electrons. The summed E-state index contributed by atoms with van der Waals surface area (Å²) in [6.45, 7) is 0.645. The first-order valence-electron chi connectivity index (χ1n) is 7.55. The minimum atomic E-state index is 0.257. The highest BCUT2D eigenvalue weighted by atomic mass is 16.3. The summed E-state index contributed by atoms with van der Waals surface area (Å²) in [5.41, 5.74) is 8.53. The SMILES string of the molecule is Nc1nnnc(Nc2ccccc2)c1NCCc1ccc(O)cc1. The van der Waals surface area contributed by atoms with Gasteiger partial charge in [0.05, 0.1) is 0 Å². The number of aromatic hydroxyl groups is 1. The van der Waals surface area contributed by atoms with E-state index in [9.17, 15) is 5.11 Å². The number of rotatable bonds is 6. The van der Waals surface area contributed by atoms with E-state index in [0.717, 1.165) is 17.7 Å². The van der Waals surface area contributed by atoms with Crippen LogP contribution in [0, 0.1) is 0 Å². The molecule has 122 valence electrons. The van der Waals surface area contributed by atoms with Gasteiger partial charge in [0, 0.05) is 12.2 Å². The van der Waals surface area contributed by atoms with Gasteiger partial charge in [0.25, 0.3) is 0 Å². The van der Waals surface area contributed by atoms with Crippen molar-refractivity contribution in [2.24, 2.45) is 0 Å². The van der Waals surface area contributed by atoms with Crippen LogP contribution >= 0.6 is 0 Å². The summed E-state index contributed by atoms with van der Waals surface area (Å²) in [6, 6.07) is 16.8. The fourth-order valence-corrected chi connectivity index (χ4v) is 2.25. The first-order chi connectivity index (χ1) is 11.7. The lowest BCUT2D eigenvalue weighted by Crippen LogP contribution is -2.12. The third-order valence-electron chi connectivity index (χ3n) is 3.48. The fraction of sp³-hybridized carbons (Fsp3) is 0.118. The second-order valence-electron chi connectivity index (χ2n) is 5.23. The fourth-order valence-electron chi connectivity index (χ4n) is 2.25. The van der Waals surface area contributed by atoms with Gasteiger partial charge >= 0.3 is 0 Å². The zero-order chi connectivity index (χ0) is 16.8. The van der Waals surface area contributed by atoms with Crippen LogP contribution in [-0.4, -0.2) is 27.1 Å². The number of hydrogen-bond acceptors (Lipinski definition) is 7. The zero-order valence-corrected chi connectivity index (χ0v) is 13.0. The Balaban J connectivity index is 1.69. The van der Waals surface area contributed by atoms with E-state index in [1.165, 1.54) is 0 Å². The number of nitrogens with zero attached hydrogens (tertiary/aromatic N) is 3. The second-order valence-corrected chi connectivity index (χ2v) is 5.23. The molecule has 0 aliphatic rings. The van der Waals surface area contributed by atoms with Crippen LogP contribution in [0.2, 0.25) is 0 Å². The predicted octanol–water partition coefficient (Wildman–Crippen LogP) is 2.56. The molecule has 3 rings (SSSR count). The van der Waals surface area contributed by atoms with Crippen LogP contribution in [0.3, 0.4) is 0 Å². The van der Waals surface area contributed by atoms with Crippen molar-refractivity contribution < 1.29 is 5.11 Å². The standard InChI is InChI=1S/C17H18N6O/c18-16-15(19-11-10-12-6-8-14(24)9-7-12)17(22-23-21-16)20-13-4-2-1-3-5-13/h1-9,24H,10-11H2,(H,19,23)(H3,18,20,21,22). The maximum atomic E-state index is 9.31. The van der Waals surface area contributed by atoms with Crippen LogP contribution in [0.5, 0.6) is 5.75 Å². The highest BCUT2D eigenvalue weighted by Gasteiger charge is 2.10. The average molecular weight is 322 g/mol. The number of nitrogens with one attached hydrogen (secondary N) is 2. The molecule has 0 unspecified atom stereocenters. The molecule has 7 nitrogen and oxygen atoms in total. The van der Waals surface area contributed by atoms with Crippen molar-refractivity contribution in [3.63, 3.8) is 0 Å². The summed E-state index contributed by atoms with van der Waals surface area (Å²) >= 11 is 0. The normalized spacial score (nSPS) is 10.3. The van der Waals surface area contributed by atoms with E-state index in [1.54, 1.807) is 12.1 Å². The van der Waals surface area contributed by atoms with Gasteiger partial charge in [0.2, 0.25) is 0 Å². The molecule has 1 aromatic heterocycles. The lowest BCUT2D eigenvalue weighted by atomic mass is 10.1. The van der Waals surface area contributed by atoms with E-state index in [0.29, 0.717) is 18.1 Å². The van der Waals surface area contributed by atoms with Gasteiger partial charge in [0.15, 0.2) is 11.6 Å². The van der Waals surface area contributed by atoms with Gasteiger partial charge in [-0.3, -0.25) is 0 Å². The van der Waals surface area contributed by atoms with E-state index in [4.69, 9.17) is 5.73 Å². The monoisotopic (exact) mass is 322 g/mol. The molecule has 5 N–H and O–H groups in total. The summed E-state index contributed by atoms with van der Waals surface area (Å²) < 4.78 is 0. The molecule has 2 aromatic carbocycles. The second kappa shape index (κ2) is 7.28. The Labute approximate surface area is 139 Å². The first kappa shape index (κ1) is 15.5. The third-order valence-corrected chi connectivity index (χ3v) is 3.48. The summed E-state index contributed by atoms with van der Waals surface area (Å²) in [4.78, 5) is 0. The highest BCUT2D eigenvalue weighted by Crippen LogP contribution is 2.26. The Morgan fingerprint density at radius 1 is 0.958 bits per heavy atom. The maximum Gasteiger partial charge on any atom is 0.182 e. The molecule has 0 aliphatic heterocycles. The summed E-state index contributed by atoms with van der Waals surface area (Å²) in [5.74, 6) is 1.07. The van der Waals surface area contributed by atoms with Crippen molar-refractivity contribution in [2.75, 3.05) is 22.9 Å². The smallest absolute Gasteiger partial charge is 0.182 e. The Bertz CT molecular complexity index is 792. The van der Waals surface area contributed by atoms with Gasteiger partial charge in [0.1, 0.15) is 11.4 Å². The van der Waals surface area contributed by atoms with Crippen molar-refractivity contribution in [3.05, 3.63) is 60.2 Å². The number of phenols is 1. The van der Waals surface area contributed by atoms with Gasteiger partial charge in [-0.15, -0.1) is 10.2 Å². The molecule has 0 saturated heterocycles. The van der Waals surface area contributed by atoms with Crippen LogP contribution in [-0.2, 0) is 6.42 Å². The van der Waals surface area contributed by atoms with E-state index >= 15 is 0 Å². The van der Waals surface area contributed by atoms with Crippen LogP contribution in [0.1, 0.15) is 5.56 Å². The molecule has 0 aliphatic carbocycles. The van der Waals surface area contributed by atoms with Crippen molar-refractivity contribution in [3.8, 4) is 5.75 Å². The van der Waals surface area contributed by atoms with E-state index in [1.807, 2.05) is 42.5 Å². The zero-order valence-electron chi connectivity index (χ0n) is 13.0. The molecular formula is C17H18N6O. The molecule has 1 heterocycles. The number of nitrogens with two attached hydrogens (primary N) is 1. The molecule has 0 bridgehead atoms. The lowest BCUT2D eigenvalue weighted by molar-refractivity contribution is 0.475. The minimum Gasteiger partial charge on any atom is -0.508 e. The van der Waals surface area contributed by atoms with E-state index in [2.05, 4.69) is 26.0 Å². The van der Waals surface area contributed by atoms with Crippen molar-refractivity contribution in [1.82, 2.24) is 15.4 Å². The number of aromatic nitrogens is 3. The number of nitrogen functional groups attached to an aromatic ring is 1. The predicted molar refractivity (Wildman–Crippen MR) is 94.3 cm³/mol. The first-order valence-corrected chi connectivity index (χ1v) is 7.55. The number of para-hydroxylation sites is 1. The summed E-state index contributed by atoms with van der Waals surface area (Å²) in [7, 11) is 0. The molecular weight excluding hydrogens is 304 g/mol. The van der Waals surface area contributed by atoms with Crippen molar-refractivity contribution >= 4 is 23.0 Å². The van der Waals surface area contributed by atoms with E-state index < -0.39 is 0 Å². The molecule has 7 heteroatoms. The minimum absolute atomic E-state index is 0.257. The molecule has 0 amide bonds. The molecule has 3 aromatic rings. The van der Waals surface area contributed by atoms with Crippen LogP contribution < -0.4 is 16.4 Å². The number of anilines is 4. The molecule has 0 saturated carbocycles. The van der Waals surface area contributed by atoms with E-state index in [-0.39, 0.29) is 11.6 Å².